The highest BCUT2D eigenvalue weighted by atomic mass is 16.5. The van der Waals surface area contributed by atoms with Crippen molar-refractivity contribution in [3.05, 3.63) is 54.1 Å². The number of benzene rings is 2. The van der Waals surface area contributed by atoms with Crippen LogP contribution in [0.4, 0.5) is 11.4 Å². The number of rotatable bonds is 5. The Bertz CT molecular complexity index is 995. The smallest absolute Gasteiger partial charge is 0.260 e. The summed E-state index contributed by atoms with van der Waals surface area (Å²) in [6, 6.07) is 14.5. The van der Waals surface area contributed by atoms with E-state index in [1.165, 1.54) is 10.5 Å². The molecule has 0 radical (unpaired) electrons. The Morgan fingerprint density at radius 2 is 1.78 bits per heavy atom. The summed E-state index contributed by atoms with van der Waals surface area (Å²) < 4.78 is 5.62. The van der Waals surface area contributed by atoms with E-state index in [0.717, 1.165) is 0 Å². The van der Waals surface area contributed by atoms with Crippen LogP contribution in [-0.4, -0.2) is 48.9 Å². The molecule has 7 heteroatoms. The lowest BCUT2D eigenvalue weighted by Gasteiger charge is -2.29. The zero-order valence-electron chi connectivity index (χ0n) is 19.3. The van der Waals surface area contributed by atoms with Crippen molar-refractivity contribution in [2.45, 2.75) is 45.6 Å². The number of anilines is 2. The molecule has 0 aromatic heterocycles. The molecular weight excluding hydrogens is 406 g/mol. The molecule has 1 atom stereocenters. The van der Waals surface area contributed by atoms with Crippen molar-refractivity contribution >= 4 is 29.1 Å². The van der Waals surface area contributed by atoms with Gasteiger partial charge in [0.1, 0.15) is 5.75 Å². The number of likely N-dealkylation sites (N-methyl/N-ethyl adjacent to an activating group) is 1. The van der Waals surface area contributed by atoms with Crippen molar-refractivity contribution in [3.8, 4) is 5.75 Å². The molecule has 7 nitrogen and oxygen atoms in total. The number of ether oxygens (including phenoxy) is 1. The van der Waals surface area contributed by atoms with Gasteiger partial charge in [0.25, 0.3) is 5.91 Å². The van der Waals surface area contributed by atoms with Crippen molar-refractivity contribution in [3.63, 3.8) is 0 Å². The molecule has 3 rings (SSSR count). The average molecular weight is 438 g/mol. The molecule has 0 fully saturated rings. The number of fused-ring (bicyclic) bond motifs is 1. The van der Waals surface area contributed by atoms with E-state index >= 15 is 0 Å². The SMILES string of the molecule is C[C@H]1CC(=O)Nc2ccccc2N1C(=O)CN(C)C(=O)COc1ccc(C(C)(C)C)cc1. The van der Waals surface area contributed by atoms with E-state index < -0.39 is 0 Å². The molecule has 2 aromatic carbocycles. The van der Waals surface area contributed by atoms with Crippen LogP contribution in [0, 0.1) is 0 Å². The lowest BCUT2D eigenvalue weighted by atomic mass is 9.87. The van der Waals surface area contributed by atoms with Gasteiger partial charge in [0.15, 0.2) is 6.61 Å². The molecule has 2 aromatic rings. The number of nitrogens with zero attached hydrogens (tertiary/aromatic N) is 2. The Morgan fingerprint density at radius 1 is 1.12 bits per heavy atom. The molecule has 32 heavy (non-hydrogen) atoms. The van der Waals surface area contributed by atoms with E-state index in [1.54, 1.807) is 30.1 Å². The van der Waals surface area contributed by atoms with Gasteiger partial charge in [0, 0.05) is 19.5 Å². The molecule has 0 spiro atoms. The molecule has 0 bridgehead atoms. The first-order valence-corrected chi connectivity index (χ1v) is 10.7. The Morgan fingerprint density at radius 3 is 2.44 bits per heavy atom. The fraction of sp³-hybridized carbons (Fsp3) is 0.400. The van der Waals surface area contributed by atoms with Gasteiger partial charge in [-0.15, -0.1) is 0 Å². The fourth-order valence-electron chi connectivity index (χ4n) is 3.64. The van der Waals surface area contributed by atoms with E-state index in [-0.39, 0.29) is 48.8 Å². The van der Waals surface area contributed by atoms with Crippen LogP contribution in [-0.2, 0) is 19.8 Å². The number of para-hydroxylation sites is 2. The summed E-state index contributed by atoms with van der Waals surface area (Å²) in [6.45, 7) is 7.95. The number of carbonyl (C=O) groups excluding carboxylic acids is 3. The second kappa shape index (κ2) is 9.42. The largest absolute Gasteiger partial charge is 0.484 e. The molecule has 1 heterocycles. The molecule has 1 aliphatic heterocycles. The summed E-state index contributed by atoms with van der Waals surface area (Å²) in [7, 11) is 1.57. The molecular formula is C25H31N3O4. The molecule has 3 amide bonds. The van der Waals surface area contributed by atoms with E-state index in [0.29, 0.717) is 17.1 Å². The molecule has 0 aliphatic carbocycles. The maximum absolute atomic E-state index is 13.1. The van der Waals surface area contributed by atoms with Gasteiger partial charge in [-0.3, -0.25) is 14.4 Å². The number of carbonyl (C=O) groups is 3. The van der Waals surface area contributed by atoms with Crippen LogP contribution in [0.1, 0.15) is 39.7 Å². The third-order valence-corrected chi connectivity index (χ3v) is 5.51. The third kappa shape index (κ3) is 5.46. The fourth-order valence-corrected chi connectivity index (χ4v) is 3.64. The molecule has 0 saturated carbocycles. The van der Waals surface area contributed by atoms with Crippen LogP contribution in [0.25, 0.3) is 0 Å². The third-order valence-electron chi connectivity index (χ3n) is 5.51. The Hall–Kier alpha value is -3.35. The average Bonchev–Trinajstić information content (AvgIpc) is 2.85. The Kier molecular flexibility index (Phi) is 6.87. The predicted octanol–water partition coefficient (Wildman–Crippen LogP) is 3.59. The van der Waals surface area contributed by atoms with Crippen LogP contribution < -0.4 is 15.0 Å². The zero-order valence-corrected chi connectivity index (χ0v) is 19.3. The van der Waals surface area contributed by atoms with Crippen LogP contribution in [0.2, 0.25) is 0 Å². The monoisotopic (exact) mass is 437 g/mol. The van der Waals surface area contributed by atoms with Gasteiger partial charge in [0.05, 0.1) is 17.9 Å². The second-order valence-corrected chi connectivity index (χ2v) is 9.20. The maximum Gasteiger partial charge on any atom is 0.260 e. The first-order valence-electron chi connectivity index (χ1n) is 10.7. The van der Waals surface area contributed by atoms with Crippen LogP contribution >= 0.6 is 0 Å². The second-order valence-electron chi connectivity index (χ2n) is 9.20. The van der Waals surface area contributed by atoms with Gasteiger partial charge in [-0.2, -0.15) is 0 Å². The van der Waals surface area contributed by atoms with E-state index in [1.807, 2.05) is 37.3 Å². The summed E-state index contributed by atoms with van der Waals surface area (Å²) in [6.07, 6.45) is 0.186. The van der Waals surface area contributed by atoms with E-state index in [4.69, 9.17) is 4.74 Å². The van der Waals surface area contributed by atoms with Gasteiger partial charge in [-0.05, 0) is 42.2 Å². The Balaban J connectivity index is 1.62. The van der Waals surface area contributed by atoms with E-state index in [9.17, 15) is 14.4 Å². The summed E-state index contributed by atoms with van der Waals surface area (Å²) >= 11 is 0. The molecule has 1 aliphatic rings. The first kappa shape index (κ1) is 23.3. The maximum atomic E-state index is 13.1. The minimum absolute atomic E-state index is 0.0398. The molecule has 1 N–H and O–H groups in total. The first-order chi connectivity index (χ1) is 15.1. The molecule has 170 valence electrons. The summed E-state index contributed by atoms with van der Waals surface area (Å²) in [5.41, 5.74) is 2.44. The van der Waals surface area contributed by atoms with Gasteiger partial charge in [-0.25, -0.2) is 0 Å². The minimum atomic E-state index is -0.327. The van der Waals surface area contributed by atoms with Gasteiger partial charge >= 0.3 is 0 Å². The number of nitrogens with one attached hydrogen (secondary N) is 1. The highest BCUT2D eigenvalue weighted by Crippen LogP contribution is 2.31. The summed E-state index contributed by atoms with van der Waals surface area (Å²) in [5, 5.41) is 2.83. The van der Waals surface area contributed by atoms with Gasteiger partial charge in [0.2, 0.25) is 11.8 Å². The van der Waals surface area contributed by atoms with Crippen molar-refractivity contribution < 1.29 is 19.1 Å². The highest BCUT2D eigenvalue weighted by molar-refractivity contribution is 6.05. The van der Waals surface area contributed by atoms with Crippen molar-refractivity contribution in [1.29, 1.82) is 0 Å². The summed E-state index contributed by atoms with van der Waals surface area (Å²) in [4.78, 5) is 40.7. The van der Waals surface area contributed by atoms with E-state index in [2.05, 4.69) is 26.1 Å². The predicted molar refractivity (Wildman–Crippen MR) is 125 cm³/mol. The van der Waals surface area contributed by atoms with Gasteiger partial charge in [-0.1, -0.05) is 45.0 Å². The standard InChI is InChI=1S/C25H31N3O4/c1-17-14-22(29)26-20-8-6-7-9-21(20)28(17)23(30)15-27(5)24(31)16-32-19-12-10-18(11-13-19)25(2,3)4/h6-13,17H,14-16H2,1-5H3,(H,26,29)/t17-/m0/s1. The van der Waals surface area contributed by atoms with Crippen LogP contribution in [0.3, 0.4) is 0 Å². The lowest BCUT2D eigenvalue weighted by molar-refractivity contribution is -0.135. The minimum Gasteiger partial charge on any atom is -0.484 e. The quantitative estimate of drug-likeness (QED) is 0.775. The zero-order chi connectivity index (χ0) is 23.5. The molecule has 0 saturated heterocycles. The Labute approximate surface area is 189 Å². The van der Waals surface area contributed by atoms with Gasteiger partial charge < -0.3 is 19.9 Å². The van der Waals surface area contributed by atoms with Crippen LogP contribution in [0.15, 0.2) is 48.5 Å². The van der Waals surface area contributed by atoms with Crippen molar-refractivity contribution in [1.82, 2.24) is 4.90 Å². The number of hydrogen-bond donors (Lipinski definition) is 1. The highest BCUT2D eigenvalue weighted by Gasteiger charge is 2.30. The summed E-state index contributed by atoms with van der Waals surface area (Å²) in [5.74, 6) is -0.101. The lowest BCUT2D eigenvalue weighted by Crippen LogP contribution is -2.46. The molecule has 0 unspecified atom stereocenters. The van der Waals surface area contributed by atoms with Crippen molar-refractivity contribution in [2.24, 2.45) is 0 Å². The normalized spacial score (nSPS) is 16.0. The topological polar surface area (TPSA) is 79.0 Å². The van der Waals surface area contributed by atoms with Crippen molar-refractivity contribution in [2.75, 3.05) is 30.4 Å². The number of hydrogen-bond acceptors (Lipinski definition) is 4. The number of amides is 3. The van der Waals surface area contributed by atoms with Crippen LogP contribution in [0.5, 0.6) is 5.75 Å².